The summed E-state index contributed by atoms with van der Waals surface area (Å²) in [6, 6.07) is 10.3. The molecule has 1 aromatic carbocycles. The van der Waals surface area contributed by atoms with E-state index in [4.69, 9.17) is 0 Å². The van der Waals surface area contributed by atoms with Gasteiger partial charge in [0.1, 0.15) is 0 Å². The van der Waals surface area contributed by atoms with Crippen molar-refractivity contribution >= 4 is 27.9 Å². The van der Waals surface area contributed by atoms with E-state index in [1.807, 2.05) is 30.6 Å². The Kier molecular flexibility index (Phi) is 2.93. The Bertz CT molecular complexity index is 859. The SMILES string of the molecule is c1csc(-c2[nH]ncc2CNc2ccc3[nH]ncc3c2)c1. The highest BCUT2D eigenvalue weighted by atomic mass is 32.1. The summed E-state index contributed by atoms with van der Waals surface area (Å²) in [5.41, 5.74) is 4.36. The van der Waals surface area contributed by atoms with Crippen molar-refractivity contribution in [2.45, 2.75) is 6.54 Å². The van der Waals surface area contributed by atoms with E-state index >= 15 is 0 Å². The van der Waals surface area contributed by atoms with E-state index in [2.05, 4.69) is 43.2 Å². The standard InChI is InChI=1S/C15H13N5S/c1-2-14(21-5-1)15-11(9-18-20-15)7-16-12-3-4-13-10(6-12)8-17-19-13/h1-6,8-9,16H,7H2,(H,17,19)(H,18,20). The third-order valence-electron chi connectivity index (χ3n) is 3.41. The molecule has 3 aromatic heterocycles. The van der Waals surface area contributed by atoms with Crippen molar-refractivity contribution in [1.29, 1.82) is 0 Å². The number of anilines is 1. The summed E-state index contributed by atoms with van der Waals surface area (Å²) in [6.45, 7) is 0.729. The van der Waals surface area contributed by atoms with E-state index in [-0.39, 0.29) is 0 Å². The molecular formula is C15H13N5S. The quantitative estimate of drug-likeness (QED) is 0.538. The van der Waals surface area contributed by atoms with E-state index in [1.165, 1.54) is 4.88 Å². The number of nitrogens with one attached hydrogen (secondary N) is 3. The Hall–Kier alpha value is -2.60. The van der Waals surface area contributed by atoms with Gasteiger partial charge < -0.3 is 5.32 Å². The molecule has 0 aliphatic rings. The number of fused-ring (bicyclic) bond motifs is 1. The van der Waals surface area contributed by atoms with E-state index < -0.39 is 0 Å². The molecule has 21 heavy (non-hydrogen) atoms. The van der Waals surface area contributed by atoms with Crippen molar-refractivity contribution in [3.8, 4) is 10.6 Å². The van der Waals surface area contributed by atoms with Gasteiger partial charge in [-0.25, -0.2) is 0 Å². The molecule has 3 N–H and O–H groups in total. The van der Waals surface area contributed by atoms with E-state index in [0.717, 1.165) is 34.4 Å². The molecule has 6 heteroatoms. The number of aromatic nitrogens is 4. The molecule has 0 radical (unpaired) electrons. The fraction of sp³-hybridized carbons (Fsp3) is 0.0667. The molecule has 0 amide bonds. The Morgan fingerprint density at radius 1 is 1.10 bits per heavy atom. The van der Waals surface area contributed by atoms with Gasteiger partial charge in [0.25, 0.3) is 0 Å². The van der Waals surface area contributed by atoms with Gasteiger partial charge in [-0.3, -0.25) is 10.2 Å². The molecule has 5 nitrogen and oxygen atoms in total. The number of thiophene rings is 1. The van der Waals surface area contributed by atoms with Crippen LogP contribution in [0.4, 0.5) is 5.69 Å². The lowest BCUT2D eigenvalue weighted by Gasteiger charge is -2.06. The second-order valence-corrected chi connectivity index (χ2v) is 5.72. The van der Waals surface area contributed by atoms with Gasteiger partial charge in [0.05, 0.1) is 28.5 Å². The summed E-state index contributed by atoms with van der Waals surface area (Å²) in [6.07, 6.45) is 3.70. The average molecular weight is 295 g/mol. The van der Waals surface area contributed by atoms with Crippen LogP contribution in [0.1, 0.15) is 5.56 Å². The molecule has 0 aliphatic heterocycles. The second kappa shape index (κ2) is 5.06. The van der Waals surface area contributed by atoms with Crippen LogP contribution in [0.5, 0.6) is 0 Å². The highest BCUT2D eigenvalue weighted by molar-refractivity contribution is 7.13. The third kappa shape index (κ3) is 2.30. The minimum absolute atomic E-state index is 0.729. The van der Waals surface area contributed by atoms with Gasteiger partial charge in [-0.2, -0.15) is 10.2 Å². The fourth-order valence-electron chi connectivity index (χ4n) is 2.33. The van der Waals surface area contributed by atoms with Crippen LogP contribution in [0.15, 0.2) is 48.1 Å². The first-order valence-electron chi connectivity index (χ1n) is 6.63. The smallest absolute Gasteiger partial charge is 0.0799 e. The van der Waals surface area contributed by atoms with Crippen LogP contribution in [0.25, 0.3) is 21.5 Å². The van der Waals surface area contributed by atoms with Crippen LogP contribution < -0.4 is 5.32 Å². The molecule has 104 valence electrons. The number of benzene rings is 1. The number of rotatable bonds is 4. The molecule has 0 aliphatic carbocycles. The Labute approximate surface area is 125 Å². The predicted molar refractivity (Wildman–Crippen MR) is 85.3 cm³/mol. The summed E-state index contributed by atoms with van der Waals surface area (Å²) in [7, 11) is 0. The molecular weight excluding hydrogens is 282 g/mol. The summed E-state index contributed by atoms with van der Waals surface area (Å²) in [5, 5.41) is 20.8. The molecule has 4 aromatic rings. The zero-order valence-corrected chi connectivity index (χ0v) is 11.9. The van der Waals surface area contributed by atoms with Gasteiger partial charge in [-0.1, -0.05) is 6.07 Å². The van der Waals surface area contributed by atoms with E-state index in [0.29, 0.717) is 0 Å². The van der Waals surface area contributed by atoms with Crippen molar-refractivity contribution in [3.63, 3.8) is 0 Å². The van der Waals surface area contributed by atoms with Gasteiger partial charge in [-0.05, 0) is 29.6 Å². The van der Waals surface area contributed by atoms with Gasteiger partial charge in [0, 0.05) is 23.2 Å². The van der Waals surface area contributed by atoms with Gasteiger partial charge in [0.2, 0.25) is 0 Å². The summed E-state index contributed by atoms with van der Waals surface area (Å²) in [5.74, 6) is 0. The maximum Gasteiger partial charge on any atom is 0.0799 e. The Morgan fingerprint density at radius 2 is 2.05 bits per heavy atom. The lowest BCUT2D eigenvalue weighted by atomic mass is 10.2. The van der Waals surface area contributed by atoms with E-state index in [9.17, 15) is 0 Å². The minimum atomic E-state index is 0.729. The Morgan fingerprint density at radius 3 is 2.95 bits per heavy atom. The summed E-state index contributed by atoms with van der Waals surface area (Å²) >= 11 is 1.71. The lowest BCUT2D eigenvalue weighted by molar-refractivity contribution is 1.10. The minimum Gasteiger partial charge on any atom is -0.381 e. The number of hydrogen-bond acceptors (Lipinski definition) is 4. The zero-order chi connectivity index (χ0) is 14.1. The van der Waals surface area contributed by atoms with Gasteiger partial charge >= 0.3 is 0 Å². The van der Waals surface area contributed by atoms with Crippen molar-refractivity contribution in [2.75, 3.05) is 5.32 Å². The highest BCUT2D eigenvalue weighted by Crippen LogP contribution is 2.26. The average Bonchev–Trinajstić information content (AvgIpc) is 3.24. The number of hydrogen-bond donors (Lipinski definition) is 3. The molecule has 0 bridgehead atoms. The first kappa shape index (κ1) is 12.2. The molecule has 0 saturated carbocycles. The molecule has 0 spiro atoms. The third-order valence-corrected chi connectivity index (χ3v) is 4.30. The van der Waals surface area contributed by atoms with Crippen LogP contribution in [0.3, 0.4) is 0 Å². The lowest BCUT2D eigenvalue weighted by Crippen LogP contribution is -1.99. The fourth-order valence-corrected chi connectivity index (χ4v) is 3.08. The maximum atomic E-state index is 4.16. The van der Waals surface area contributed by atoms with Gasteiger partial charge in [-0.15, -0.1) is 11.3 Å². The maximum absolute atomic E-state index is 4.16. The van der Waals surface area contributed by atoms with Gasteiger partial charge in [0.15, 0.2) is 0 Å². The van der Waals surface area contributed by atoms with Crippen LogP contribution in [0.2, 0.25) is 0 Å². The molecule has 0 saturated heterocycles. The normalized spacial score (nSPS) is 11.0. The van der Waals surface area contributed by atoms with Crippen LogP contribution in [0, 0.1) is 0 Å². The van der Waals surface area contributed by atoms with Crippen LogP contribution in [-0.4, -0.2) is 20.4 Å². The first-order valence-corrected chi connectivity index (χ1v) is 7.51. The topological polar surface area (TPSA) is 69.4 Å². The largest absolute Gasteiger partial charge is 0.381 e. The predicted octanol–water partition coefficient (Wildman–Crippen LogP) is 3.63. The molecule has 0 fully saturated rings. The number of H-pyrrole nitrogens is 2. The van der Waals surface area contributed by atoms with Crippen LogP contribution >= 0.6 is 11.3 Å². The second-order valence-electron chi connectivity index (χ2n) is 4.77. The van der Waals surface area contributed by atoms with Crippen molar-refractivity contribution in [1.82, 2.24) is 20.4 Å². The van der Waals surface area contributed by atoms with Crippen molar-refractivity contribution < 1.29 is 0 Å². The number of nitrogens with zero attached hydrogens (tertiary/aromatic N) is 2. The van der Waals surface area contributed by atoms with Crippen molar-refractivity contribution in [2.24, 2.45) is 0 Å². The van der Waals surface area contributed by atoms with Crippen LogP contribution in [-0.2, 0) is 6.54 Å². The first-order chi connectivity index (χ1) is 10.4. The number of aromatic amines is 2. The zero-order valence-electron chi connectivity index (χ0n) is 11.1. The molecule has 4 rings (SSSR count). The molecule has 3 heterocycles. The van der Waals surface area contributed by atoms with Crippen molar-refractivity contribution in [3.05, 3.63) is 53.7 Å². The molecule has 0 unspecified atom stereocenters. The molecule has 0 atom stereocenters. The summed E-state index contributed by atoms with van der Waals surface area (Å²) < 4.78 is 0. The van der Waals surface area contributed by atoms with E-state index in [1.54, 1.807) is 11.3 Å². The summed E-state index contributed by atoms with van der Waals surface area (Å²) in [4.78, 5) is 1.20. The monoisotopic (exact) mass is 295 g/mol. The Balaban J connectivity index is 1.55. The highest BCUT2D eigenvalue weighted by Gasteiger charge is 2.08.